The third kappa shape index (κ3) is 4.10. The monoisotopic (exact) mass is 185 g/mol. The summed E-state index contributed by atoms with van der Waals surface area (Å²) in [7, 11) is 0. The van der Waals surface area contributed by atoms with E-state index in [1.165, 1.54) is 19.6 Å². The molecule has 0 bridgehead atoms. The standard InChI is InChI=1S/C11H23NO/c1-4-5-13-9-11-7-12(8-11)6-10(2)3/h10-11H,4-9H2,1-3H3. The SMILES string of the molecule is CCCOCC1CN(CC(C)C)C1. The van der Waals surface area contributed by atoms with Gasteiger partial charge in [-0.25, -0.2) is 0 Å². The molecule has 1 saturated heterocycles. The molecule has 1 fully saturated rings. The Morgan fingerprint density at radius 3 is 2.62 bits per heavy atom. The molecule has 1 rings (SSSR count). The molecule has 2 heteroatoms. The Hall–Kier alpha value is -0.0800. The molecule has 0 aromatic carbocycles. The first kappa shape index (κ1) is 11.0. The van der Waals surface area contributed by atoms with E-state index in [4.69, 9.17) is 4.74 Å². The average molecular weight is 185 g/mol. The molecule has 0 spiro atoms. The van der Waals surface area contributed by atoms with Gasteiger partial charge in [0.25, 0.3) is 0 Å². The Balaban J connectivity index is 1.92. The van der Waals surface area contributed by atoms with Crippen molar-refractivity contribution in [3.05, 3.63) is 0 Å². The zero-order valence-corrected chi connectivity index (χ0v) is 9.25. The van der Waals surface area contributed by atoms with Crippen molar-refractivity contribution in [1.29, 1.82) is 0 Å². The minimum absolute atomic E-state index is 0.803. The van der Waals surface area contributed by atoms with Gasteiger partial charge in [-0.2, -0.15) is 0 Å². The van der Waals surface area contributed by atoms with Crippen molar-refractivity contribution >= 4 is 0 Å². The lowest BCUT2D eigenvalue weighted by Crippen LogP contribution is -2.49. The van der Waals surface area contributed by atoms with Crippen LogP contribution in [0.25, 0.3) is 0 Å². The lowest BCUT2D eigenvalue weighted by Gasteiger charge is -2.40. The lowest BCUT2D eigenvalue weighted by molar-refractivity contribution is 0.00974. The second-order valence-electron chi connectivity index (χ2n) is 4.55. The summed E-state index contributed by atoms with van der Waals surface area (Å²) in [6, 6.07) is 0. The molecule has 2 nitrogen and oxygen atoms in total. The summed E-state index contributed by atoms with van der Waals surface area (Å²) in [4.78, 5) is 2.52. The normalized spacial score (nSPS) is 19.4. The quantitative estimate of drug-likeness (QED) is 0.587. The summed E-state index contributed by atoms with van der Waals surface area (Å²) < 4.78 is 5.51. The van der Waals surface area contributed by atoms with Crippen LogP contribution < -0.4 is 0 Å². The molecule has 0 N–H and O–H groups in total. The topological polar surface area (TPSA) is 12.5 Å². The third-order valence-electron chi connectivity index (χ3n) is 2.36. The Labute approximate surface area is 82.3 Å². The highest BCUT2D eigenvalue weighted by atomic mass is 16.5. The molecule has 0 unspecified atom stereocenters. The van der Waals surface area contributed by atoms with E-state index >= 15 is 0 Å². The minimum Gasteiger partial charge on any atom is -0.381 e. The van der Waals surface area contributed by atoms with E-state index in [0.717, 1.165) is 31.5 Å². The van der Waals surface area contributed by atoms with Crippen LogP contribution in [0.5, 0.6) is 0 Å². The molecule has 1 aliphatic rings. The van der Waals surface area contributed by atoms with Crippen LogP contribution in [0, 0.1) is 11.8 Å². The van der Waals surface area contributed by atoms with Crippen LogP contribution in [0.1, 0.15) is 27.2 Å². The summed E-state index contributed by atoms with van der Waals surface area (Å²) in [6.07, 6.45) is 1.14. The lowest BCUT2D eigenvalue weighted by atomic mass is 10.00. The van der Waals surface area contributed by atoms with Gasteiger partial charge in [0.2, 0.25) is 0 Å². The maximum Gasteiger partial charge on any atom is 0.0518 e. The number of rotatable bonds is 6. The minimum atomic E-state index is 0.803. The molecule has 1 heterocycles. The third-order valence-corrected chi connectivity index (χ3v) is 2.36. The molecular formula is C11H23NO. The molecular weight excluding hydrogens is 162 g/mol. The van der Waals surface area contributed by atoms with Crippen LogP contribution in [0.3, 0.4) is 0 Å². The van der Waals surface area contributed by atoms with Crippen molar-refractivity contribution in [2.45, 2.75) is 27.2 Å². The molecule has 0 atom stereocenters. The van der Waals surface area contributed by atoms with Crippen LogP contribution >= 0.6 is 0 Å². The summed E-state index contributed by atoms with van der Waals surface area (Å²) >= 11 is 0. The maximum atomic E-state index is 5.51. The molecule has 0 amide bonds. The van der Waals surface area contributed by atoms with E-state index in [0.29, 0.717) is 0 Å². The van der Waals surface area contributed by atoms with Gasteiger partial charge in [0.1, 0.15) is 0 Å². The van der Waals surface area contributed by atoms with Crippen molar-refractivity contribution in [3.63, 3.8) is 0 Å². The Bertz CT molecular complexity index is 130. The van der Waals surface area contributed by atoms with Crippen LogP contribution in [-0.2, 0) is 4.74 Å². The van der Waals surface area contributed by atoms with E-state index in [9.17, 15) is 0 Å². The van der Waals surface area contributed by atoms with Crippen LogP contribution in [0.15, 0.2) is 0 Å². The molecule has 0 aromatic rings. The fourth-order valence-corrected chi connectivity index (χ4v) is 1.84. The van der Waals surface area contributed by atoms with E-state index < -0.39 is 0 Å². The number of hydrogen-bond donors (Lipinski definition) is 0. The van der Waals surface area contributed by atoms with Gasteiger partial charge in [0.05, 0.1) is 6.61 Å². The number of ether oxygens (including phenoxy) is 1. The average Bonchev–Trinajstić information content (AvgIpc) is 1.99. The molecule has 0 aromatic heterocycles. The molecule has 78 valence electrons. The van der Waals surface area contributed by atoms with Crippen molar-refractivity contribution in [2.75, 3.05) is 32.8 Å². The van der Waals surface area contributed by atoms with E-state index in [-0.39, 0.29) is 0 Å². The van der Waals surface area contributed by atoms with Gasteiger partial charge >= 0.3 is 0 Å². The summed E-state index contributed by atoms with van der Waals surface area (Å²) in [6.45, 7) is 12.4. The van der Waals surface area contributed by atoms with Crippen molar-refractivity contribution in [3.8, 4) is 0 Å². The zero-order valence-electron chi connectivity index (χ0n) is 9.25. The van der Waals surface area contributed by atoms with Crippen molar-refractivity contribution < 1.29 is 4.74 Å². The largest absolute Gasteiger partial charge is 0.381 e. The number of hydrogen-bond acceptors (Lipinski definition) is 2. The van der Waals surface area contributed by atoms with E-state index in [1.807, 2.05) is 0 Å². The summed E-state index contributed by atoms with van der Waals surface area (Å²) in [5, 5.41) is 0. The first-order chi connectivity index (χ1) is 6.22. The van der Waals surface area contributed by atoms with Gasteiger partial charge in [-0.15, -0.1) is 0 Å². The fourth-order valence-electron chi connectivity index (χ4n) is 1.84. The van der Waals surface area contributed by atoms with Crippen molar-refractivity contribution in [1.82, 2.24) is 4.90 Å². The molecule has 0 radical (unpaired) electrons. The molecule has 13 heavy (non-hydrogen) atoms. The second kappa shape index (κ2) is 5.61. The highest BCUT2D eigenvalue weighted by Gasteiger charge is 2.26. The summed E-state index contributed by atoms with van der Waals surface area (Å²) in [5.74, 6) is 1.61. The molecule has 0 saturated carbocycles. The maximum absolute atomic E-state index is 5.51. The van der Waals surface area contributed by atoms with Gasteiger partial charge in [-0.05, 0) is 12.3 Å². The summed E-state index contributed by atoms with van der Waals surface area (Å²) in [5.41, 5.74) is 0. The van der Waals surface area contributed by atoms with Gasteiger partial charge in [-0.3, -0.25) is 0 Å². The Morgan fingerprint density at radius 2 is 2.08 bits per heavy atom. The Morgan fingerprint density at radius 1 is 1.38 bits per heavy atom. The highest BCUT2D eigenvalue weighted by molar-refractivity contribution is 4.79. The van der Waals surface area contributed by atoms with Crippen molar-refractivity contribution in [2.24, 2.45) is 11.8 Å². The second-order valence-corrected chi connectivity index (χ2v) is 4.55. The van der Waals surface area contributed by atoms with E-state index in [2.05, 4.69) is 25.7 Å². The molecule has 1 aliphatic heterocycles. The van der Waals surface area contributed by atoms with Crippen LogP contribution in [0.2, 0.25) is 0 Å². The smallest absolute Gasteiger partial charge is 0.0518 e. The van der Waals surface area contributed by atoms with Gasteiger partial charge in [-0.1, -0.05) is 20.8 Å². The van der Waals surface area contributed by atoms with E-state index in [1.54, 1.807) is 0 Å². The Kier molecular flexibility index (Phi) is 4.74. The van der Waals surface area contributed by atoms with Crippen LogP contribution in [0.4, 0.5) is 0 Å². The van der Waals surface area contributed by atoms with Crippen LogP contribution in [-0.4, -0.2) is 37.7 Å². The number of likely N-dealkylation sites (tertiary alicyclic amines) is 1. The first-order valence-corrected chi connectivity index (χ1v) is 5.52. The zero-order chi connectivity index (χ0) is 9.68. The first-order valence-electron chi connectivity index (χ1n) is 5.52. The molecule has 0 aliphatic carbocycles. The predicted octanol–water partition coefficient (Wildman–Crippen LogP) is 2.00. The fraction of sp³-hybridized carbons (Fsp3) is 1.00. The predicted molar refractivity (Wildman–Crippen MR) is 55.9 cm³/mol. The van der Waals surface area contributed by atoms with Gasteiger partial charge in [0, 0.05) is 32.2 Å². The number of nitrogens with zero attached hydrogens (tertiary/aromatic N) is 1. The van der Waals surface area contributed by atoms with Gasteiger partial charge < -0.3 is 9.64 Å². The van der Waals surface area contributed by atoms with Gasteiger partial charge in [0.15, 0.2) is 0 Å². The highest BCUT2D eigenvalue weighted by Crippen LogP contribution is 2.17.